The van der Waals surface area contributed by atoms with Gasteiger partial charge < -0.3 is 4.90 Å². The predicted octanol–water partition coefficient (Wildman–Crippen LogP) is 3.19. The van der Waals surface area contributed by atoms with Crippen LogP contribution in [-0.4, -0.2) is 18.9 Å². The average Bonchev–Trinajstić information content (AvgIpc) is 3.10. The number of hydrogen-bond acceptors (Lipinski definition) is 2. The number of nitrogens with zero attached hydrogens (tertiary/aromatic N) is 1. The van der Waals surface area contributed by atoms with Crippen LogP contribution in [-0.2, 0) is 0 Å². The molecule has 0 unspecified atom stereocenters. The van der Waals surface area contributed by atoms with Crippen LogP contribution >= 0.6 is 0 Å². The van der Waals surface area contributed by atoms with Gasteiger partial charge in [0, 0.05) is 23.8 Å². The number of benzene rings is 1. The number of carbonyl (C=O) groups is 1. The van der Waals surface area contributed by atoms with E-state index in [4.69, 9.17) is 0 Å². The minimum absolute atomic E-state index is 0.737. The molecule has 1 fully saturated rings. The van der Waals surface area contributed by atoms with Crippen LogP contribution in [0.15, 0.2) is 18.2 Å². The van der Waals surface area contributed by atoms with Gasteiger partial charge in [-0.3, -0.25) is 4.79 Å². The van der Waals surface area contributed by atoms with Crippen LogP contribution in [0.4, 0.5) is 5.69 Å². The fourth-order valence-electron chi connectivity index (χ4n) is 2.20. The monoisotopic (exact) mass is 217 g/mol. The van der Waals surface area contributed by atoms with Crippen molar-refractivity contribution >= 4 is 12.0 Å². The molecule has 0 aromatic heterocycles. The normalized spacial score (nSPS) is 14.9. The number of aldehydes is 1. The van der Waals surface area contributed by atoms with E-state index in [2.05, 4.69) is 24.8 Å². The Kier molecular flexibility index (Phi) is 3.28. The molecule has 16 heavy (non-hydrogen) atoms. The number of aryl methyl sites for hydroxylation is 1. The summed E-state index contributed by atoms with van der Waals surface area (Å²) in [6.45, 7) is 5.42. The van der Waals surface area contributed by atoms with Crippen LogP contribution in [0.3, 0.4) is 0 Å². The quantitative estimate of drug-likeness (QED) is 0.706. The fraction of sp³-hybridized carbons (Fsp3) is 0.500. The van der Waals surface area contributed by atoms with Gasteiger partial charge in [-0.25, -0.2) is 0 Å². The van der Waals surface area contributed by atoms with Gasteiger partial charge in [0.25, 0.3) is 0 Å². The van der Waals surface area contributed by atoms with Crippen molar-refractivity contribution in [1.29, 1.82) is 0 Å². The number of hydrogen-bond donors (Lipinski definition) is 0. The van der Waals surface area contributed by atoms with E-state index in [1.165, 1.54) is 30.5 Å². The maximum Gasteiger partial charge on any atom is 0.150 e. The van der Waals surface area contributed by atoms with Gasteiger partial charge in [0.1, 0.15) is 6.29 Å². The molecule has 1 aromatic carbocycles. The first-order valence-electron chi connectivity index (χ1n) is 6.08. The van der Waals surface area contributed by atoms with E-state index < -0.39 is 0 Å². The van der Waals surface area contributed by atoms with Gasteiger partial charge in [0.05, 0.1) is 0 Å². The lowest BCUT2D eigenvalue weighted by Crippen LogP contribution is -2.27. The summed E-state index contributed by atoms with van der Waals surface area (Å²) in [4.78, 5) is 13.2. The zero-order valence-corrected chi connectivity index (χ0v) is 10.1. The summed E-state index contributed by atoms with van der Waals surface area (Å²) < 4.78 is 0. The second kappa shape index (κ2) is 4.69. The summed E-state index contributed by atoms with van der Waals surface area (Å²) in [5.74, 6) is 0. The molecule has 86 valence electrons. The van der Waals surface area contributed by atoms with E-state index in [1.54, 1.807) is 0 Å². The van der Waals surface area contributed by atoms with Crippen molar-refractivity contribution < 1.29 is 4.79 Å². The Morgan fingerprint density at radius 2 is 2.19 bits per heavy atom. The number of carbonyl (C=O) groups excluding carboxylic acids is 1. The highest BCUT2D eigenvalue weighted by molar-refractivity contribution is 5.77. The van der Waals surface area contributed by atoms with Crippen molar-refractivity contribution in [2.45, 2.75) is 39.2 Å². The Hall–Kier alpha value is -1.31. The minimum atomic E-state index is 0.737. The summed E-state index contributed by atoms with van der Waals surface area (Å²) in [5, 5.41) is 0. The topological polar surface area (TPSA) is 20.3 Å². The first-order valence-corrected chi connectivity index (χ1v) is 6.08. The SMILES string of the molecule is CCCN(c1ccc(C=O)cc1C)C1CC1. The molecule has 0 heterocycles. The summed E-state index contributed by atoms with van der Waals surface area (Å²) in [6.07, 6.45) is 4.72. The van der Waals surface area contributed by atoms with Crippen molar-refractivity contribution in [2.75, 3.05) is 11.4 Å². The first kappa shape index (κ1) is 11.2. The molecule has 0 radical (unpaired) electrons. The summed E-state index contributed by atoms with van der Waals surface area (Å²) in [7, 11) is 0. The lowest BCUT2D eigenvalue weighted by Gasteiger charge is -2.26. The third-order valence-corrected chi connectivity index (χ3v) is 3.12. The molecule has 0 aliphatic heterocycles. The van der Waals surface area contributed by atoms with Crippen molar-refractivity contribution in [3.8, 4) is 0 Å². The van der Waals surface area contributed by atoms with Crippen molar-refractivity contribution in [3.05, 3.63) is 29.3 Å². The zero-order chi connectivity index (χ0) is 11.5. The highest BCUT2D eigenvalue weighted by atomic mass is 16.1. The van der Waals surface area contributed by atoms with E-state index in [0.29, 0.717) is 0 Å². The van der Waals surface area contributed by atoms with Gasteiger partial charge in [0.2, 0.25) is 0 Å². The smallest absolute Gasteiger partial charge is 0.150 e. The molecule has 1 aromatic rings. The third-order valence-electron chi connectivity index (χ3n) is 3.12. The van der Waals surface area contributed by atoms with Crippen LogP contribution in [0.5, 0.6) is 0 Å². The Balaban J connectivity index is 2.26. The lowest BCUT2D eigenvalue weighted by atomic mass is 10.1. The molecule has 1 saturated carbocycles. The number of rotatable bonds is 5. The van der Waals surface area contributed by atoms with E-state index >= 15 is 0 Å². The van der Waals surface area contributed by atoms with Crippen LogP contribution < -0.4 is 4.90 Å². The maximum atomic E-state index is 10.7. The Bertz CT molecular complexity index is 382. The summed E-state index contributed by atoms with van der Waals surface area (Å²) in [6, 6.07) is 6.72. The fourth-order valence-corrected chi connectivity index (χ4v) is 2.20. The first-order chi connectivity index (χ1) is 7.76. The molecule has 0 saturated heterocycles. The van der Waals surface area contributed by atoms with Gasteiger partial charge in [0.15, 0.2) is 0 Å². The molecule has 0 N–H and O–H groups in total. The van der Waals surface area contributed by atoms with Gasteiger partial charge in [-0.2, -0.15) is 0 Å². The standard InChI is InChI=1S/C14H19NO/c1-3-8-15(13-5-6-13)14-7-4-12(10-16)9-11(14)2/h4,7,9-10,13H,3,5-6,8H2,1-2H3. The Labute approximate surface area is 97.3 Å². The summed E-state index contributed by atoms with van der Waals surface area (Å²) >= 11 is 0. The van der Waals surface area contributed by atoms with E-state index in [9.17, 15) is 4.79 Å². The van der Waals surface area contributed by atoms with E-state index in [1.807, 2.05) is 12.1 Å². The lowest BCUT2D eigenvalue weighted by molar-refractivity contribution is 0.112. The molecule has 0 atom stereocenters. The average molecular weight is 217 g/mol. The molecular formula is C14H19NO. The van der Waals surface area contributed by atoms with Crippen LogP contribution in [0, 0.1) is 6.92 Å². The van der Waals surface area contributed by atoms with Crippen LogP contribution in [0.2, 0.25) is 0 Å². The number of anilines is 1. The van der Waals surface area contributed by atoms with Gasteiger partial charge in [-0.15, -0.1) is 0 Å². The molecule has 0 spiro atoms. The van der Waals surface area contributed by atoms with E-state index in [0.717, 1.165) is 24.4 Å². The van der Waals surface area contributed by atoms with Crippen molar-refractivity contribution in [2.24, 2.45) is 0 Å². The third kappa shape index (κ3) is 2.26. The molecule has 2 nitrogen and oxygen atoms in total. The molecule has 1 aliphatic rings. The van der Waals surface area contributed by atoms with Gasteiger partial charge in [-0.05, 0) is 49.9 Å². The van der Waals surface area contributed by atoms with Crippen molar-refractivity contribution in [3.63, 3.8) is 0 Å². The molecule has 1 aliphatic carbocycles. The highest BCUT2D eigenvalue weighted by Crippen LogP contribution is 2.33. The van der Waals surface area contributed by atoms with Crippen LogP contribution in [0.25, 0.3) is 0 Å². The second-order valence-corrected chi connectivity index (χ2v) is 4.59. The molecule has 0 bridgehead atoms. The largest absolute Gasteiger partial charge is 0.368 e. The van der Waals surface area contributed by atoms with Crippen LogP contribution in [0.1, 0.15) is 42.1 Å². The van der Waals surface area contributed by atoms with Crippen molar-refractivity contribution in [1.82, 2.24) is 0 Å². The Morgan fingerprint density at radius 3 is 2.69 bits per heavy atom. The second-order valence-electron chi connectivity index (χ2n) is 4.59. The molecular weight excluding hydrogens is 198 g/mol. The zero-order valence-electron chi connectivity index (χ0n) is 10.1. The molecule has 2 rings (SSSR count). The Morgan fingerprint density at radius 1 is 1.44 bits per heavy atom. The molecule has 0 amide bonds. The minimum Gasteiger partial charge on any atom is -0.368 e. The van der Waals surface area contributed by atoms with E-state index in [-0.39, 0.29) is 0 Å². The summed E-state index contributed by atoms with van der Waals surface area (Å²) in [5.41, 5.74) is 3.29. The van der Waals surface area contributed by atoms with Gasteiger partial charge in [-0.1, -0.05) is 6.92 Å². The predicted molar refractivity (Wildman–Crippen MR) is 67.2 cm³/mol. The molecule has 2 heteroatoms. The maximum absolute atomic E-state index is 10.7. The highest BCUT2D eigenvalue weighted by Gasteiger charge is 2.29. The van der Waals surface area contributed by atoms with Gasteiger partial charge >= 0.3 is 0 Å².